The van der Waals surface area contributed by atoms with Gasteiger partial charge in [0.1, 0.15) is 11.3 Å². The predicted octanol–water partition coefficient (Wildman–Crippen LogP) is 3.84. The molecule has 0 atom stereocenters. The molecule has 1 N–H and O–H groups in total. The predicted molar refractivity (Wildman–Crippen MR) is 101 cm³/mol. The summed E-state index contributed by atoms with van der Waals surface area (Å²) in [7, 11) is 0. The molecule has 0 aliphatic heterocycles. The number of hydrogen-bond donors (Lipinski definition) is 1. The molecule has 26 heavy (non-hydrogen) atoms. The number of rotatable bonds is 7. The second-order valence-corrected chi connectivity index (χ2v) is 6.14. The standard InChI is InChI=1S/C21H22N2O3/c1-2-3-11-23-15-17(19-10-7-12-26-19)13-18(21(23)25)20(24)22-14-16-8-5-4-6-9-16/h4-10,12-13,15H,2-3,11,14H2,1H3,(H,22,24). The van der Waals surface area contributed by atoms with Crippen LogP contribution < -0.4 is 10.9 Å². The fraction of sp³-hybridized carbons (Fsp3) is 0.238. The molecule has 0 bridgehead atoms. The van der Waals surface area contributed by atoms with Gasteiger partial charge in [0.25, 0.3) is 11.5 Å². The highest BCUT2D eigenvalue weighted by Gasteiger charge is 2.16. The molecule has 0 spiro atoms. The lowest BCUT2D eigenvalue weighted by atomic mass is 10.1. The van der Waals surface area contributed by atoms with Crippen LogP contribution in [0.5, 0.6) is 0 Å². The van der Waals surface area contributed by atoms with Crippen LogP contribution in [0.3, 0.4) is 0 Å². The summed E-state index contributed by atoms with van der Waals surface area (Å²) < 4.78 is 7.03. The van der Waals surface area contributed by atoms with Crippen LogP contribution in [0.2, 0.25) is 0 Å². The van der Waals surface area contributed by atoms with E-state index in [0.717, 1.165) is 24.0 Å². The molecular formula is C21H22N2O3. The van der Waals surface area contributed by atoms with Crippen LogP contribution in [0.25, 0.3) is 11.3 Å². The number of carbonyl (C=O) groups excluding carboxylic acids is 1. The first kappa shape index (κ1) is 17.7. The molecule has 0 fully saturated rings. The molecular weight excluding hydrogens is 328 g/mol. The Kier molecular flexibility index (Phi) is 5.69. The Labute approximate surface area is 152 Å². The maximum absolute atomic E-state index is 12.7. The summed E-state index contributed by atoms with van der Waals surface area (Å²) in [6, 6.07) is 14.8. The lowest BCUT2D eigenvalue weighted by Gasteiger charge is -2.11. The van der Waals surface area contributed by atoms with Crippen molar-refractivity contribution in [2.24, 2.45) is 0 Å². The molecule has 0 radical (unpaired) electrons. The molecule has 0 saturated heterocycles. The lowest BCUT2D eigenvalue weighted by Crippen LogP contribution is -2.33. The van der Waals surface area contributed by atoms with Crippen molar-refractivity contribution in [2.75, 3.05) is 0 Å². The molecule has 0 aliphatic carbocycles. The average Bonchev–Trinajstić information content (AvgIpc) is 3.21. The molecule has 0 aliphatic rings. The quantitative estimate of drug-likeness (QED) is 0.704. The second kappa shape index (κ2) is 8.34. The summed E-state index contributed by atoms with van der Waals surface area (Å²) in [5, 5.41) is 2.83. The Morgan fingerprint density at radius 3 is 2.65 bits per heavy atom. The van der Waals surface area contributed by atoms with Crippen LogP contribution in [-0.4, -0.2) is 10.5 Å². The summed E-state index contributed by atoms with van der Waals surface area (Å²) in [5.41, 5.74) is 1.55. The molecule has 134 valence electrons. The van der Waals surface area contributed by atoms with Crippen molar-refractivity contribution in [2.45, 2.75) is 32.9 Å². The number of aryl methyl sites for hydroxylation is 1. The minimum atomic E-state index is -0.377. The molecule has 2 heterocycles. The number of nitrogens with zero attached hydrogens (tertiary/aromatic N) is 1. The van der Waals surface area contributed by atoms with Crippen molar-refractivity contribution < 1.29 is 9.21 Å². The van der Waals surface area contributed by atoms with E-state index in [1.54, 1.807) is 29.2 Å². The lowest BCUT2D eigenvalue weighted by molar-refractivity contribution is 0.0949. The Bertz CT molecular complexity index is 912. The van der Waals surface area contributed by atoms with Crippen LogP contribution in [-0.2, 0) is 13.1 Å². The minimum absolute atomic E-state index is 0.130. The van der Waals surface area contributed by atoms with Crippen LogP contribution in [0, 0.1) is 0 Å². The first-order chi connectivity index (χ1) is 12.7. The number of carbonyl (C=O) groups is 1. The van der Waals surface area contributed by atoms with E-state index in [4.69, 9.17) is 4.42 Å². The number of amides is 1. The van der Waals surface area contributed by atoms with Crippen LogP contribution >= 0.6 is 0 Å². The largest absolute Gasteiger partial charge is 0.464 e. The average molecular weight is 350 g/mol. The SMILES string of the molecule is CCCCn1cc(-c2ccco2)cc(C(=O)NCc2ccccc2)c1=O. The number of aromatic nitrogens is 1. The first-order valence-electron chi connectivity index (χ1n) is 8.79. The Morgan fingerprint density at radius 1 is 1.15 bits per heavy atom. The van der Waals surface area contributed by atoms with E-state index in [1.165, 1.54) is 0 Å². The number of benzene rings is 1. The van der Waals surface area contributed by atoms with Gasteiger partial charge < -0.3 is 14.3 Å². The maximum Gasteiger partial charge on any atom is 0.263 e. The van der Waals surface area contributed by atoms with E-state index in [9.17, 15) is 9.59 Å². The molecule has 0 saturated carbocycles. The van der Waals surface area contributed by atoms with Gasteiger partial charge in [-0.25, -0.2) is 0 Å². The third-order valence-electron chi connectivity index (χ3n) is 4.18. The second-order valence-electron chi connectivity index (χ2n) is 6.14. The molecule has 0 unspecified atom stereocenters. The minimum Gasteiger partial charge on any atom is -0.464 e. The molecule has 3 rings (SSSR count). The molecule has 3 aromatic rings. The van der Waals surface area contributed by atoms with Gasteiger partial charge in [-0.1, -0.05) is 43.7 Å². The van der Waals surface area contributed by atoms with Gasteiger partial charge in [-0.3, -0.25) is 9.59 Å². The van der Waals surface area contributed by atoms with Crippen molar-refractivity contribution in [3.05, 3.63) is 82.5 Å². The molecule has 2 aromatic heterocycles. The summed E-state index contributed by atoms with van der Waals surface area (Å²) in [4.78, 5) is 25.4. The number of furan rings is 1. The van der Waals surface area contributed by atoms with Crippen LogP contribution in [0.15, 0.2) is 70.2 Å². The third-order valence-corrected chi connectivity index (χ3v) is 4.18. The van der Waals surface area contributed by atoms with Crippen LogP contribution in [0.1, 0.15) is 35.7 Å². The summed E-state index contributed by atoms with van der Waals surface area (Å²) in [5.74, 6) is 0.255. The van der Waals surface area contributed by atoms with Crippen molar-refractivity contribution in [1.29, 1.82) is 0 Å². The van der Waals surface area contributed by atoms with E-state index in [0.29, 0.717) is 18.8 Å². The van der Waals surface area contributed by atoms with Crippen molar-refractivity contribution >= 4 is 5.91 Å². The van der Waals surface area contributed by atoms with E-state index < -0.39 is 0 Å². The number of nitrogens with one attached hydrogen (secondary N) is 1. The van der Waals surface area contributed by atoms with Gasteiger partial charge >= 0.3 is 0 Å². The normalized spacial score (nSPS) is 10.7. The summed E-state index contributed by atoms with van der Waals surface area (Å²) in [6.07, 6.45) is 5.16. The molecule has 5 nitrogen and oxygen atoms in total. The summed E-state index contributed by atoms with van der Waals surface area (Å²) >= 11 is 0. The Hall–Kier alpha value is -3.08. The van der Waals surface area contributed by atoms with Crippen molar-refractivity contribution in [3.63, 3.8) is 0 Å². The zero-order valence-electron chi connectivity index (χ0n) is 14.8. The number of hydrogen-bond acceptors (Lipinski definition) is 3. The van der Waals surface area contributed by atoms with Crippen molar-refractivity contribution in [3.8, 4) is 11.3 Å². The third kappa shape index (κ3) is 4.11. The van der Waals surface area contributed by atoms with Gasteiger partial charge in [0.15, 0.2) is 0 Å². The highest BCUT2D eigenvalue weighted by atomic mass is 16.3. The van der Waals surface area contributed by atoms with Gasteiger partial charge in [-0.05, 0) is 30.2 Å². The highest BCUT2D eigenvalue weighted by molar-refractivity contribution is 5.94. The van der Waals surface area contributed by atoms with E-state index in [-0.39, 0.29) is 17.0 Å². The fourth-order valence-corrected chi connectivity index (χ4v) is 2.74. The van der Waals surface area contributed by atoms with E-state index >= 15 is 0 Å². The molecule has 5 heteroatoms. The Morgan fingerprint density at radius 2 is 1.96 bits per heavy atom. The smallest absolute Gasteiger partial charge is 0.263 e. The van der Waals surface area contributed by atoms with Gasteiger partial charge in [0, 0.05) is 24.8 Å². The van der Waals surface area contributed by atoms with Gasteiger partial charge in [-0.15, -0.1) is 0 Å². The van der Waals surface area contributed by atoms with Crippen LogP contribution in [0.4, 0.5) is 0 Å². The van der Waals surface area contributed by atoms with Gasteiger partial charge in [-0.2, -0.15) is 0 Å². The zero-order valence-corrected chi connectivity index (χ0v) is 14.8. The summed E-state index contributed by atoms with van der Waals surface area (Å²) in [6.45, 7) is 3.01. The molecule has 1 aromatic carbocycles. The fourth-order valence-electron chi connectivity index (χ4n) is 2.74. The highest BCUT2D eigenvalue weighted by Crippen LogP contribution is 2.19. The number of unbranched alkanes of at least 4 members (excludes halogenated alkanes) is 1. The molecule has 1 amide bonds. The maximum atomic E-state index is 12.7. The van der Waals surface area contributed by atoms with E-state index in [2.05, 4.69) is 12.2 Å². The number of pyridine rings is 1. The topological polar surface area (TPSA) is 64.2 Å². The zero-order chi connectivity index (χ0) is 18.4. The van der Waals surface area contributed by atoms with E-state index in [1.807, 2.05) is 36.4 Å². The van der Waals surface area contributed by atoms with Crippen molar-refractivity contribution in [1.82, 2.24) is 9.88 Å². The van der Waals surface area contributed by atoms with Gasteiger partial charge in [0.2, 0.25) is 0 Å². The first-order valence-corrected chi connectivity index (χ1v) is 8.79. The van der Waals surface area contributed by atoms with Gasteiger partial charge in [0.05, 0.1) is 6.26 Å². The Balaban J connectivity index is 1.90. The monoisotopic (exact) mass is 350 g/mol.